The maximum Gasteiger partial charge on any atom is 0.337 e. The first-order valence-electron chi connectivity index (χ1n) is 5.63. The van der Waals surface area contributed by atoms with Gasteiger partial charge in [0.25, 0.3) is 0 Å². The predicted octanol–water partition coefficient (Wildman–Crippen LogP) is 2.85. The average Bonchev–Trinajstić information content (AvgIpc) is 2.40. The predicted molar refractivity (Wildman–Crippen MR) is 67.8 cm³/mol. The molecule has 0 spiro atoms. The number of carbonyl (C=O) groups is 1. The zero-order chi connectivity index (χ0) is 13.0. The lowest BCUT2D eigenvalue weighted by atomic mass is 10.0. The van der Waals surface area contributed by atoms with E-state index in [1.165, 1.54) is 6.20 Å². The molecule has 1 N–H and O–H groups in total. The van der Waals surface area contributed by atoms with Crippen LogP contribution in [0, 0.1) is 0 Å². The number of hydrogen-bond acceptors (Lipinski definition) is 3. The third kappa shape index (κ3) is 2.48. The van der Waals surface area contributed by atoms with Crippen LogP contribution in [0.5, 0.6) is 5.75 Å². The van der Waals surface area contributed by atoms with Gasteiger partial charge in [-0.05, 0) is 36.2 Å². The van der Waals surface area contributed by atoms with Gasteiger partial charge in [0.15, 0.2) is 0 Å². The summed E-state index contributed by atoms with van der Waals surface area (Å²) >= 11 is 0. The molecule has 1 heterocycles. The monoisotopic (exact) mass is 243 g/mol. The van der Waals surface area contributed by atoms with Gasteiger partial charge >= 0.3 is 5.97 Å². The fraction of sp³-hybridized carbons (Fsp3) is 0.143. The Bertz CT molecular complexity index is 549. The minimum atomic E-state index is -0.980. The average molecular weight is 243 g/mol. The van der Waals surface area contributed by atoms with E-state index >= 15 is 0 Å². The van der Waals surface area contributed by atoms with E-state index in [-0.39, 0.29) is 5.56 Å². The molecule has 0 fully saturated rings. The third-order valence-corrected chi connectivity index (χ3v) is 2.53. The molecule has 0 saturated heterocycles. The SMILES string of the molecule is CCOc1ccc(-c2ccncc2C(=O)O)cc1. The Morgan fingerprint density at radius 2 is 2.00 bits per heavy atom. The third-order valence-electron chi connectivity index (χ3n) is 2.53. The molecule has 0 bridgehead atoms. The molecule has 0 atom stereocenters. The van der Waals surface area contributed by atoms with Crippen LogP contribution in [0.1, 0.15) is 17.3 Å². The van der Waals surface area contributed by atoms with Crippen LogP contribution in [0.2, 0.25) is 0 Å². The molecule has 92 valence electrons. The van der Waals surface area contributed by atoms with E-state index in [4.69, 9.17) is 9.84 Å². The van der Waals surface area contributed by atoms with Crippen LogP contribution in [-0.4, -0.2) is 22.7 Å². The van der Waals surface area contributed by atoms with Crippen molar-refractivity contribution in [2.45, 2.75) is 6.92 Å². The Morgan fingerprint density at radius 1 is 1.28 bits per heavy atom. The van der Waals surface area contributed by atoms with Crippen molar-refractivity contribution in [3.8, 4) is 16.9 Å². The molecule has 1 aromatic heterocycles. The van der Waals surface area contributed by atoms with Gasteiger partial charge in [0.1, 0.15) is 5.75 Å². The summed E-state index contributed by atoms with van der Waals surface area (Å²) in [6.45, 7) is 2.52. The van der Waals surface area contributed by atoms with Crippen molar-refractivity contribution in [3.63, 3.8) is 0 Å². The second kappa shape index (κ2) is 5.31. The number of pyridine rings is 1. The highest BCUT2D eigenvalue weighted by Crippen LogP contribution is 2.25. The lowest BCUT2D eigenvalue weighted by molar-refractivity contribution is 0.0697. The van der Waals surface area contributed by atoms with E-state index in [1.807, 2.05) is 31.2 Å². The quantitative estimate of drug-likeness (QED) is 0.897. The number of nitrogens with zero attached hydrogens (tertiary/aromatic N) is 1. The van der Waals surface area contributed by atoms with Crippen LogP contribution in [0.4, 0.5) is 0 Å². The van der Waals surface area contributed by atoms with Crippen LogP contribution < -0.4 is 4.74 Å². The van der Waals surface area contributed by atoms with Crippen LogP contribution in [0.15, 0.2) is 42.7 Å². The summed E-state index contributed by atoms with van der Waals surface area (Å²) < 4.78 is 5.35. The van der Waals surface area contributed by atoms with Gasteiger partial charge in [-0.3, -0.25) is 4.98 Å². The topological polar surface area (TPSA) is 59.4 Å². The van der Waals surface area contributed by atoms with Crippen LogP contribution in [0.25, 0.3) is 11.1 Å². The summed E-state index contributed by atoms with van der Waals surface area (Å²) in [5, 5.41) is 9.10. The van der Waals surface area contributed by atoms with E-state index in [2.05, 4.69) is 4.98 Å². The van der Waals surface area contributed by atoms with Crippen molar-refractivity contribution >= 4 is 5.97 Å². The highest BCUT2D eigenvalue weighted by atomic mass is 16.5. The van der Waals surface area contributed by atoms with Gasteiger partial charge in [0.2, 0.25) is 0 Å². The first kappa shape index (κ1) is 12.1. The molecule has 0 amide bonds. The molecule has 0 saturated carbocycles. The molecule has 4 heteroatoms. The van der Waals surface area contributed by atoms with E-state index in [9.17, 15) is 4.79 Å². The van der Waals surface area contributed by atoms with Crippen molar-refractivity contribution in [3.05, 3.63) is 48.3 Å². The molecule has 4 nitrogen and oxygen atoms in total. The van der Waals surface area contributed by atoms with Crippen molar-refractivity contribution in [2.24, 2.45) is 0 Å². The minimum absolute atomic E-state index is 0.196. The standard InChI is InChI=1S/C14H13NO3/c1-2-18-11-5-3-10(4-6-11)12-7-8-15-9-13(12)14(16)17/h3-9H,2H2,1H3,(H,16,17). The van der Waals surface area contributed by atoms with E-state index in [0.29, 0.717) is 12.2 Å². The maximum absolute atomic E-state index is 11.1. The molecule has 1 aromatic carbocycles. The van der Waals surface area contributed by atoms with Gasteiger partial charge < -0.3 is 9.84 Å². The summed E-state index contributed by atoms with van der Waals surface area (Å²) in [4.78, 5) is 14.9. The number of aromatic carboxylic acids is 1. The second-order valence-corrected chi connectivity index (χ2v) is 3.68. The van der Waals surface area contributed by atoms with E-state index in [0.717, 1.165) is 11.3 Å². The molecule has 0 unspecified atom stereocenters. The smallest absolute Gasteiger partial charge is 0.337 e. The van der Waals surface area contributed by atoms with Crippen LogP contribution in [-0.2, 0) is 0 Å². The highest BCUT2D eigenvalue weighted by Gasteiger charge is 2.11. The maximum atomic E-state index is 11.1. The summed E-state index contributed by atoms with van der Waals surface area (Å²) in [6.07, 6.45) is 2.94. The minimum Gasteiger partial charge on any atom is -0.494 e. The van der Waals surface area contributed by atoms with Gasteiger partial charge in [-0.2, -0.15) is 0 Å². The zero-order valence-corrected chi connectivity index (χ0v) is 9.96. The van der Waals surface area contributed by atoms with E-state index < -0.39 is 5.97 Å². The van der Waals surface area contributed by atoms with Crippen molar-refractivity contribution in [2.75, 3.05) is 6.61 Å². The van der Waals surface area contributed by atoms with Crippen LogP contribution in [0.3, 0.4) is 0 Å². The second-order valence-electron chi connectivity index (χ2n) is 3.68. The largest absolute Gasteiger partial charge is 0.494 e. The van der Waals surface area contributed by atoms with Gasteiger partial charge in [-0.1, -0.05) is 12.1 Å². The van der Waals surface area contributed by atoms with E-state index in [1.54, 1.807) is 12.3 Å². The van der Waals surface area contributed by atoms with Crippen molar-refractivity contribution < 1.29 is 14.6 Å². The lowest BCUT2D eigenvalue weighted by Crippen LogP contribution is -2.00. The molecule has 18 heavy (non-hydrogen) atoms. The molecule has 0 aliphatic heterocycles. The molecule has 2 aromatic rings. The van der Waals surface area contributed by atoms with Gasteiger partial charge in [0, 0.05) is 12.4 Å². The normalized spacial score (nSPS) is 10.1. The van der Waals surface area contributed by atoms with Gasteiger partial charge in [-0.15, -0.1) is 0 Å². The summed E-state index contributed by atoms with van der Waals surface area (Å²) in [7, 11) is 0. The highest BCUT2D eigenvalue weighted by molar-refractivity contribution is 5.95. The molecule has 0 aliphatic rings. The Hall–Kier alpha value is -2.36. The molecular weight excluding hydrogens is 230 g/mol. The number of hydrogen-bond donors (Lipinski definition) is 1. The number of ether oxygens (including phenoxy) is 1. The van der Waals surface area contributed by atoms with Gasteiger partial charge in [-0.25, -0.2) is 4.79 Å². The Morgan fingerprint density at radius 3 is 2.61 bits per heavy atom. The summed E-state index contributed by atoms with van der Waals surface area (Å²) in [6, 6.07) is 9.02. The summed E-state index contributed by atoms with van der Waals surface area (Å²) in [5.74, 6) is -0.209. The van der Waals surface area contributed by atoms with Crippen molar-refractivity contribution in [1.29, 1.82) is 0 Å². The number of carboxylic acid groups (broad SMARTS) is 1. The lowest BCUT2D eigenvalue weighted by Gasteiger charge is -2.07. The van der Waals surface area contributed by atoms with Gasteiger partial charge in [0.05, 0.1) is 12.2 Å². The first-order valence-corrected chi connectivity index (χ1v) is 5.63. The fourth-order valence-corrected chi connectivity index (χ4v) is 1.71. The molecular formula is C14H13NO3. The number of benzene rings is 1. The molecule has 0 aliphatic carbocycles. The Kier molecular flexibility index (Phi) is 3.57. The number of carboxylic acids is 1. The Balaban J connectivity index is 2.39. The van der Waals surface area contributed by atoms with Crippen LogP contribution >= 0.6 is 0 Å². The Labute approximate surface area is 105 Å². The summed E-state index contributed by atoms with van der Waals surface area (Å²) in [5.41, 5.74) is 1.68. The van der Waals surface area contributed by atoms with Crippen molar-refractivity contribution in [1.82, 2.24) is 4.98 Å². The fourth-order valence-electron chi connectivity index (χ4n) is 1.71. The molecule has 0 radical (unpaired) electrons. The zero-order valence-electron chi connectivity index (χ0n) is 9.96. The number of aromatic nitrogens is 1. The molecule has 2 rings (SSSR count). The first-order chi connectivity index (χ1) is 8.72. The number of rotatable bonds is 4.